The number of benzene rings is 1. The predicted molar refractivity (Wildman–Crippen MR) is 129 cm³/mol. The van der Waals surface area contributed by atoms with Crippen LogP contribution in [-0.4, -0.2) is 33.7 Å². The molecule has 0 saturated heterocycles. The van der Waals surface area contributed by atoms with Gasteiger partial charge in [-0.25, -0.2) is 14.5 Å². The monoisotopic (exact) mass is 509 g/mol. The van der Waals surface area contributed by atoms with Crippen molar-refractivity contribution in [2.45, 2.75) is 46.2 Å². The third-order valence-electron chi connectivity index (χ3n) is 5.48. The van der Waals surface area contributed by atoms with E-state index in [0.29, 0.717) is 21.6 Å². The standard InChI is InChI=1S/C23H24BrN7O2/c1-4-6-8-16-9-11-18(12-10-16)31-15-17(26-27-31)14-30-21(32)19-20(28(3)23(30)33)25-22(24)29(19)13-7-5-2/h9-12,15H,4,6,8,13-14H2,1-3H3. The topological polar surface area (TPSA) is 92.5 Å². The second-order valence-electron chi connectivity index (χ2n) is 7.72. The van der Waals surface area contributed by atoms with Crippen LogP contribution in [0.5, 0.6) is 0 Å². The van der Waals surface area contributed by atoms with Gasteiger partial charge in [0.1, 0.15) is 5.69 Å². The van der Waals surface area contributed by atoms with Crippen LogP contribution in [0.3, 0.4) is 0 Å². The number of halogens is 1. The highest BCUT2D eigenvalue weighted by molar-refractivity contribution is 9.10. The Labute approximate surface area is 198 Å². The quantitative estimate of drug-likeness (QED) is 0.282. The summed E-state index contributed by atoms with van der Waals surface area (Å²) in [7, 11) is 1.59. The number of fused-ring (bicyclic) bond motifs is 1. The second kappa shape index (κ2) is 9.58. The van der Waals surface area contributed by atoms with E-state index in [1.807, 2.05) is 12.1 Å². The van der Waals surface area contributed by atoms with Crippen LogP contribution < -0.4 is 11.2 Å². The smallest absolute Gasteiger partial charge is 0.301 e. The summed E-state index contributed by atoms with van der Waals surface area (Å²) in [6.45, 7) is 4.18. The minimum Gasteiger partial charge on any atom is -0.301 e. The predicted octanol–water partition coefficient (Wildman–Crippen LogP) is 2.65. The average Bonchev–Trinajstić information content (AvgIpc) is 3.42. The number of rotatable bonds is 7. The van der Waals surface area contributed by atoms with Crippen LogP contribution in [0.4, 0.5) is 0 Å². The lowest BCUT2D eigenvalue weighted by Crippen LogP contribution is -2.40. The summed E-state index contributed by atoms with van der Waals surface area (Å²) >= 11 is 3.37. The van der Waals surface area contributed by atoms with Crippen LogP contribution in [0.15, 0.2) is 44.8 Å². The Kier molecular flexibility index (Phi) is 6.60. The molecule has 0 aliphatic heterocycles. The summed E-state index contributed by atoms with van der Waals surface area (Å²) in [6.07, 6.45) is 5.08. The highest BCUT2D eigenvalue weighted by Gasteiger charge is 2.19. The third kappa shape index (κ3) is 4.41. The van der Waals surface area contributed by atoms with Crippen molar-refractivity contribution in [3.8, 4) is 17.5 Å². The van der Waals surface area contributed by atoms with Gasteiger partial charge in [0.2, 0.25) is 0 Å². The van der Waals surface area contributed by atoms with Crippen LogP contribution in [0.2, 0.25) is 0 Å². The average molecular weight is 510 g/mol. The van der Waals surface area contributed by atoms with Gasteiger partial charge in [-0.15, -0.1) is 11.0 Å². The van der Waals surface area contributed by atoms with Crippen molar-refractivity contribution >= 4 is 27.1 Å². The molecule has 4 aromatic rings. The highest BCUT2D eigenvalue weighted by Crippen LogP contribution is 2.16. The van der Waals surface area contributed by atoms with E-state index in [4.69, 9.17) is 0 Å². The summed E-state index contributed by atoms with van der Waals surface area (Å²) in [5, 5.41) is 8.36. The van der Waals surface area contributed by atoms with Gasteiger partial charge >= 0.3 is 5.69 Å². The van der Waals surface area contributed by atoms with Gasteiger partial charge in [0.15, 0.2) is 15.9 Å². The first-order valence-corrected chi connectivity index (χ1v) is 11.5. The number of aryl methyl sites for hydroxylation is 2. The fourth-order valence-corrected chi connectivity index (χ4v) is 4.11. The fraction of sp³-hybridized carbons (Fsp3) is 0.348. The molecule has 0 atom stereocenters. The van der Waals surface area contributed by atoms with E-state index in [9.17, 15) is 9.59 Å². The van der Waals surface area contributed by atoms with Crippen molar-refractivity contribution in [1.82, 2.24) is 33.7 Å². The molecular formula is C23H24BrN7O2. The maximum Gasteiger partial charge on any atom is 0.332 e. The summed E-state index contributed by atoms with van der Waals surface area (Å²) < 4.78 is 6.25. The SMILES string of the molecule is CC#CCn1c(Br)nc2c1c(=O)n(Cc1cn(-c3ccc(CCCC)cc3)nn1)c(=O)n2C. The highest BCUT2D eigenvalue weighted by atomic mass is 79.9. The van der Waals surface area contributed by atoms with E-state index in [2.05, 4.69) is 62.1 Å². The van der Waals surface area contributed by atoms with Gasteiger partial charge in [-0.05, 0) is 53.4 Å². The van der Waals surface area contributed by atoms with E-state index in [1.165, 1.54) is 10.1 Å². The van der Waals surface area contributed by atoms with Crippen LogP contribution in [0.1, 0.15) is 37.9 Å². The summed E-state index contributed by atoms with van der Waals surface area (Å²) in [5.74, 6) is 5.74. The second-order valence-corrected chi connectivity index (χ2v) is 8.43. The van der Waals surface area contributed by atoms with Gasteiger partial charge in [-0.3, -0.25) is 13.9 Å². The number of hydrogen-bond acceptors (Lipinski definition) is 5. The fourth-order valence-electron chi connectivity index (χ4n) is 3.64. The first-order valence-electron chi connectivity index (χ1n) is 10.7. The molecule has 3 heterocycles. The minimum absolute atomic E-state index is 0.00170. The van der Waals surface area contributed by atoms with Crippen molar-refractivity contribution in [2.75, 3.05) is 0 Å². The molecule has 0 aliphatic carbocycles. The summed E-state index contributed by atoms with van der Waals surface area (Å²) in [4.78, 5) is 30.5. The Morgan fingerprint density at radius 1 is 1.12 bits per heavy atom. The number of imidazole rings is 1. The van der Waals surface area contributed by atoms with Gasteiger partial charge < -0.3 is 4.57 Å². The molecule has 0 radical (unpaired) electrons. The summed E-state index contributed by atoms with van der Waals surface area (Å²) in [5.41, 5.74) is 2.34. The number of nitrogens with zero attached hydrogens (tertiary/aromatic N) is 7. The van der Waals surface area contributed by atoms with Gasteiger partial charge in [0, 0.05) is 7.05 Å². The number of unbranched alkanes of at least 4 members (excludes halogenated alkanes) is 1. The van der Waals surface area contributed by atoms with Crippen molar-refractivity contribution in [2.24, 2.45) is 7.05 Å². The molecule has 0 amide bonds. The molecule has 3 aromatic heterocycles. The maximum absolute atomic E-state index is 13.3. The first kappa shape index (κ1) is 22.7. The van der Waals surface area contributed by atoms with E-state index < -0.39 is 11.2 Å². The molecule has 0 unspecified atom stereocenters. The Morgan fingerprint density at radius 2 is 1.88 bits per heavy atom. The van der Waals surface area contributed by atoms with Gasteiger partial charge in [-0.1, -0.05) is 36.6 Å². The van der Waals surface area contributed by atoms with Crippen LogP contribution in [-0.2, 0) is 26.6 Å². The Morgan fingerprint density at radius 3 is 2.58 bits per heavy atom. The molecule has 170 valence electrons. The van der Waals surface area contributed by atoms with Crippen LogP contribution in [0.25, 0.3) is 16.9 Å². The molecule has 0 saturated carbocycles. The van der Waals surface area contributed by atoms with Gasteiger partial charge in [-0.2, -0.15) is 0 Å². The van der Waals surface area contributed by atoms with E-state index >= 15 is 0 Å². The number of hydrogen-bond donors (Lipinski definition) is 0. The lowest BCUT2D eigenvalue weighted by Gasteiger charge is -2.07. The molecule has 0 N–H and O–H groups in total. The van der Waals surface area contributed by atoms with Crippen LogP contribution >= 0.6 is 15.9 Å². The van der Waals surface area contributed by atoms with E-state index in [1.54, 1.807) is 29.4 Å². The zero-order valence-corrected chi connectivity index (χ0v) is 20.3. The zero-order valence-electron chi connectivity index (χ0n) is 18.7. The van der Waals surface area contributed by atoms with Crippen molar-refractivity contribution in [3.63, 3.8) is 0 Å². The molecule has 0 bridgehead atoms. The Balaban J connectivity index is 1.68. The molecule has 0 aliphatic rings. The zero-order chi connectivity index (χ0) is 23.5. The lowest BCUT2D eigenvalue weighted by molar-refractivity contribution is 0.643. The lowest BCUT2D eigenvalue weighted by atomic mass is 10.1. The molecule has 4 rings (SSSR count). The maximum atomic E-state index is 13.3. The van der Waals surface area contributed by atoms with Crippen molar-refractivity contribution in [3.05, 3.63) is 67.3 Å². The normalized spacial score (nSPS) is 11.0. The van der Waals surface area contributed by atoms with Gasteiger partial charge in [0.25, 0.3) is 5.56 Å². The molecular weight excluding hydrogens is 486 g/mol. The number of aromatic nitrogens is 7. The van der Waals surface area contributed by atoms with E-state index in [-0.39, 0.29) is 13.1 Å². The molecule has 1 aromatic carbocycles. The van der Waals surface area contributed by atoms with Crippen LogP contribution in [0, 0.1) is 11.8 Å². The third-order valence-corrected chi connectivity index (χ3v) is 6.09. The van der Waals surface area contributed by atoms with Gasteiger partial charge in [0.05, 0.1) is 25.0 Å². The first-order chi connectivity index (χ1) is 15.9. The molecule has 10 heteroatoms. The Hall–Kier alpha value is -3.45. The molecule has 0 spiro atoms. The molecule has 33 heavy (non-hydrogen) atoms. The molecule has 0 fully saturated rings. The largest absolute Gasteiger partial charge is 0.332 e. The molecule has 9 nitrogen and oxygen atoms in total. The minimum atomic E-state index is -0.471. The van der Waals surface area contributed by atoms with E-state index in [0.717, 1.165) is 29.5 Å². The van der Waals surface area contributed by atoms with Crippen molar-refractivity contribution in [1.29, 1.82) is 0 Å². The Bertz CT molecular complexity index is 1480. The van der Waals surface area contributed by atoms with Crippen molar-refractivity contribution < 1.29 is 0 Å². The summed E-state index contributed by atoms with van der Waals surface area (Å²) in [6, 6.07) is 8.15.